The van der Waals surface area contributed by atoms with Crippen LogP contribution in [-0.4, -0.2) is 24.9 Å². The Hall–Kier alpha value is -2.14. The average Bonchev–Trinajstić information content (AvgIpc) is 2.53. The van der Waals surface area contributed by atoms with Gasteiger partial charge in [0.05, 0.1) is 11.8 Å². The number of benzene rings is 2. The van der Waals surface area contributed by atoms with Gasteiger partial charge in [-0.25, -0.2) is 4.79 Å². The topological polar surface area (TPSA) is 47.9 Å². The van der Waals surface area contributed by atoms with E-state index in [1.807, 2.05) is 36.4 Å². The van der Waals surface area contributed by atoms with Crippen molar-refractivity contribution in [1.29, 1.82) is 0 Å². The summed E-state index contributed by atoms with van der Waals surface area (Å²) in [6.45, 7) is 3.51. The van der Waals surface area contributed by atoms with Crippen LogP contribution in [0, 0.1) is 0 Å². The molecule has 0 aromatic heterocycles. The molecule has 0 heterocycles. The third kappa shape index (κ3) is 6.24. The zero-order valence-electron chi connectivity index (χ0n) is 13.0. The lowest BCUT2D eigenvalue weighted by atomic mass is 10.2. The number of nitrogens with zero attached hydrogens (tertiary/aromatic N) is 1. The van der Waals surface area contributed by atoms with E-state index in [0.717, 1.165) is 15.7 Å². The number of hydrogen-bond acceptors (Lipinski definition) is 4. The predicted molar refractivity (Wildman–Crippen MR) is 94.6 cm³/mol. The largest absolute Gasteiger partial charge is 0.482 e. The zero-order chi connectivity index (χ0) is 16.7. The summed E-state index contributed by atoms with van der Waals surface area (Å²) >= 11 is 3.39. The van der Waals surface area contributed by atoms with Gasteiger partial charge in [-0.2, -0.15) is 0 Å². The molecule has 0 atom stereocenters. The van der Waals surface area contributed by atoms with Gasteiger partial charge >= 0.3 is 5.97 Å². The summed E-state index contributed by atoms with van der Waals surface area (Å²) in [4.78, 5) is 15.8. The van der Waals surface area contributed by atoms with Crippen molar-refractivity contribution >= 4 is 33.8 Å². The number of rotatable bonds is 6. The monoisotopic (exact) mass is 375 g/mol. The van der Waals surface area contributed by atoms with E-state index in [2.05, 4.69) is 20.9 Å². The normalized spacial score (nSPS) is 11.0. The fourth-order valence-corrected chi connectivity index (χ4v) is 2.03. The van der Waals surface area contributed by atoms with Gasteiger partial charge in [0, 0.05) is 10.7 Å². The maximum atomic E-state index is 11.4. The molecule has 0 aliphatic rings. The van der Waals surface area contributed by atoms with Gasteiger partial charge in [0.15, 0.2) is 6.61 Å². The van der Waals surface area contributed by atoms with Gasteiger partial charge in [-0.1, -0.05) is 15.9 Å². The Morgan fingerprint density at radius 2 is 1.78 bits per heavy atom. The molecule has 0 aliphatic heterocycles. The first-order valence-electron chi connectivity index (χ1n) is 7.25. The highest BCUT2D eigenvalue weighted by molar-refractivity contribution is 9.10. The number of esters is 1. The van der Waals surface area contributed by atoms with E-state index in [9.17, 15) is 4.79 Å². The first kappa shape index (κ1) is 17.2. The number of ether oxygens (including phenoxy) is 2. The highest BCUT2D eigenvalue weighted by atomic mass is 79.9. The number of halogens is 1. The van der Waals surface area contributed by atoms with E-state index in [-0.39, 0.29) is 18.7 Å². The van der Waals surface area contributed by atoms with E-state index in [4.69, 9.17) is 9.47 Å². The Kier molecular flexibility index (Phi) is 6.35. The first-order valence-corrected chi connectivity index (χ1v) is 8.04. The van der Waals surface area contributed by atoms with Crippen LogP contribution < -0.4 is 4.74 Å². The second-order valence-corrected chi connectivity index (χ2v) is 6.05. The van der Waals surface area contributed by atoms with Crippen LogP contribution in [0.2, 0.25) is 0 Å². The lowest BCUT2D eigenvalue weighted by Gasteiger charge is -2.09. The van der Waals surface area contributed by atoms with E-state index < -0.39 is 0 Å². The molecule has 2 rings (SSSR count). The summed E-state index contributed by atoms with van der Waals surface area (Å²) in [6, 6.07) is 15.1. The third-order valence-electron chi connectivity index (χ3n) is 2.79. The van der Waals surface area contributed by atoms with Crippen LogP contribution in [0.5, 0.6) is 5.75 Å². The van der Waals surface area contributed by atoms with Gasteiger partial charge in [-0.05, 0) is 67.9 Å². The molecule has 4 nitrogen and oxygen atoms in total. The molecule has 2 aromatic carbocycles. The van der Waals surface area contributed by atoms with Crippen LogP contribution in [0.25, 0.3) is 0 Å². The molecule has 0 saturated heterocycles. The molecular formula is C18H18BrNO3. The third-order valence-corrected chi connectivity index (χ3v) is 3.32. The minimum atomic E-state index is -0.374. The van der Waals surface area contributed by atoms with Crippen LogP contribution in [-0.2, 0) is 9.53 Å². The van der Waals surface area contributed by atoms with Gasteiger partial charge in [0.25, 0.3) is 0 Å². The summed E-state index contributed by atoms with van der Waals surface area (Å²) in [5, 5.41) is 0. The highest BCUT2D eigenvalue weighted by Crippen LogP contribution is 2.17. The first-order chi connectivity index (χ1) is 11.0. The van der Waals surface area contributed by atoms with Crippen molar-refractivity contribution in [3.63, 3.8) is 0 Å². The summed E-state index contributed by atoms with van der Waals surface area (Å²) in [5.41, 5.74) is 1.83. The molecule has 0 aliphatic carbocycles. The molecule has 0 unspecified atom stereocenters. The predicted octanol–water partition coefficient (Wildman–Crippen LogP) is 4.53. The molecular weight excluding hydrogens is 358 g/mol. The summed E-state index contributed by atoms with van der Waals surface area (Å²) in [6.07, 6.45) is 1.64. The van der Waals surface area contributed by atoms with Crippen LogP contribution in [0.3, 0.4) is 0 Å². The molecule has 120 valence electrons. The van der Waals surface area contributed by atoms with Crippen molar-refractivity contribution < 1.29 is 14.3 Å². The minimum Gasteiger partial charge on any atom is -0.482 e. The van der Waals surface area contributed by atoms with Crippen LogP contribution >= 0.6 is 15.9 Å². The fourth-order valence-electron chi connectivity index (χ4n) is 1.77. The van der Waals surface area contributed by atoms with Crippen molar-refractivity contribution in [2.24, 2.45) is 4.99 Å². The molecule has 0 fully saturated rings. The summed E-state index contributed by atoms with van der Waals surface area (Å²) < 4.78 is 11.4. The number of hydrogen-bond donors (Lipinski definition) is 0. The Morgan fingerprint density at radius 1 is 1.13 bits per heavy atom. The van der Waals surface area contributed by atoms with Crippen molar-refractivity contribution in [3.05, 3.63) is 58.6 Å². The Balaban J connectivity index is 1.89. The second-order valence-electron chi connectivity index (χ2n) is 5.13. The summed E-state index contributed by atoms with van der Waals surface area (Å²) in [5.74, 6) is 0.243. The van der Waals surface area contributed by atoms with Gasteiger partial charge < -0.3 is 9.47 Å². The molecule has 5 heteroatoms. The van der Waals surface area contributed by atoms with Gasteiger partial charge in [0.1, 0.15) is 5.75 Å². The molecule has 23 heavy (non-hydrogen) atoms. The van der Waals surface area contributed by atoms with E-state index in [1.165, 1.54) is 0 Å². The van der Waals surface area contributed by atoms with E-state index in [0.29, 0.717) is 5.75 Å². The van der Waals surface area contributed by atoms with Crippen molar-refractivity contribution in [2.75, 3.05) is 6.61 Å². The molecule has 0 radical (unpaired) electrons. The van der Waals surface area contributed by atoms with Crippen molar-refractivity contribution in [3.8, 4) is 5.75 Å². The molecule has 0 spiro atoms. The molecule has 0 amide bonds. The Morgan fingerprint density at radius 3 is 2.39 bits per heavy atom. The van der Waals surface area contributed by atoms with Gasteiger partial charge in [-0.3, -0.25) is 4.99 Å². The number of carbonyl (C=O) groups is 1. The van der Waals surface area contributed by atoms with E-state index in [1.54, 1.807) is 32.2 Å². The van der Waals surface area contributed by atoms with Gasteiger partial charge in [0.2, 0.25) is 0 Å². The standard InChI is InChI=1S/C18H18BrNO3/c1-13(2)23-18(21)12-22-17-9-3-14(4-10-17)11-20-16-7-5-15(19)6-8-16/h3-11,13H,12H2,1-2H3. The Labute approximate surface area is 144 Å². The smallest absolute Gasteiger partial charge is 0.344 e. The van der Waals surface area contributed by atoms with Crippen LogP contribution in [0.15, 0.2) is 58.0 Å². The van der Waals surface area contributed by atoms with Gasteiger partial charge in [-0.15, -0.1) is 0 Å². The Bertz CT molecular complexity index is 664. The van der Waals surface area contributed by atoms with E-state index >= 15 is 0 Å². The minimum absolute atomic E-state index is 0.0927. The fraction of sp³-hybridized carbons (Fsp3) is 0.222. The maximum Gasteiger partial charge on any atom is 0.344 e. The lowest BCUT2D eigenvalue weighted by molar-refractivity contribution is -0.149. The van der Waals surface area contributed by atoms with Crippen molar-refractivity contribution in [1.82, 2.24) is 0 Å². The lowest BCUT2D eigenvalue weighted by Crippen LogP contribution is -2.18. The van der Waals surface area contributed by atoms with Crippen LogP contribution in [0.4, 0.5) is 5.69 Å². The molecule has 0 N–H and O–H groups in total. The average molecular weight is 376 g/mol. The molecule has 2 aromatic rings. The zero-order valence-corrected chi connectivity index (χ0v) is 14.6. The molecule has 0 bridgehead atoms. The maximum absolute atomic E-state index is 11.4. The summed E-state index contributed by atoms with van der Waals surface area (Å²) in [7, 11) is 0. The number of aliphatic imine (C=N–C) groups is 1. The quantitative estimate of drug-likeness (QED) is 0.550. The van der Waals surface area contributed by atoms with Crippen LogP contribution in [0.1, 0.15) is 19.4 Å². The highest BCUT2D eigenvalue weighted by Gasteiger charge is 2.06. The molecule has 0 saturated carbocycles. The second kappa shape index (κ2) is 8.48. The SMILES string of the molecule is CC(C)OC(=O)COc1ccc(C=Nc2ccc(Br)cc2)cc1. The van der Waals surface area contributed by atoms with Crippen molar-refractivity contribution in [2.45, 2.75) is 20.0 Å². The number of carbonyl (C=O) groups excluding carboxylic acids is 1.